The normalized spacial score (nSPS) is 39.0. The van der Waals surface area contributed by atoms with Crippen LogP contribution in [0.15, 0.2) is 77.2 Å². The van der Waals surface area contributed by atoms with Gasteiger partial charge >= 0.3 is 0 Å². The van der Waals surface area contributed by atoms with Gasteiger partial charge in [-0.2, -0.15) is 0 Å². The van der Waals surface area contributed by atoms with E-state index in [0.29, 0.717) is 11.6 Å². The van der Waals surface area contributed by atoms with Gasteiger partial charge in [-0.15, -0.1) is 11.8 Å². The molecule has 0 aromatic heterocycles. The van der Waals surface area contributed by atoms with Gasteiger partial charge in [-0.3, -0.25) is 9.59 Å². The maximum atomic E-state index is 17.6. The number of anilines is 1. The van der Waals surface area contributed by atoms with Gasteiger partial charge in [0.1, 0.15) is 12.8 Å². The number of benzene rings is 2. The Bertz CT molecular complexity index is 1660. The zero-order valence-electron chi connectivity index (χ0n) is 27.6. The average Bonchev–Trinajstić information content (AvgIpc) is 3.56. The molecule has 264 valence electrons. The number of aliphatic hydroxyl groups excluding tert-OH is 2. The fourth-order valence-corrected chi connectivity index (χ4v) is 10.5. The Morgan fingerprint density at radius 1 is 1.08 bits per heavy atom. The number of halogens is 2. The van der Waals surface area contributed by atoms with E-state index in [4.69, 9.17) is 9.47 Å². The number of hydrogen-bond acceptors (Lipinski definition) is 8. The maximum absolute atomic E-state index is 17.6. The molecule has 5 aliphatic rings. The van der Waals surface area contributed by atoms with Crippen molar-refractivity contribution in [1.29, 1.82) is 0 Å². The van der Waals surface area contributed by atoms with Gasteiger partial charge in [0, 0.05) is 44.7 Å². The first-order valence-electron chi connectivity index (χ1n) is 16.8. The van der Waals surface area contributed by atoms with Crippen LogP contribution in [0, 0.1) is 22.7 Å². The molecule has 0 bridgehead atoms. The highest BCUT2D eigenvalue weighted by molar-refractivity contribution is 7.98. The molecule has 10 atom stereocenters. The SMILES string of the molecule is C.CC(C)Nc1ccc(SCc2ccc([C@@H]3O[C@@H]4C[C@H]5[C@@H]6C[C@H](F)C7=CC(=O)C=C[C@]7(C)[C@@]6(F)[C@@H](O)C[C@]5(C)[C@]4(C(=O)CO)O3)cc2)cc1. The monoisotopic (exact) mass is 695 g/mol. The fraction of sp³-hybridized carbons (Fsp3) is 0.538. The van der Waals surface area contributed by atoms with Crippen LogP contribution in [-0.4, -0.2) is 64.1 Å². The second-order valence-corrected chi connectivity index (χ2v) is 15.9. The Balaban J connectivity index is 0.00000417. The largest absolute Gasteiger partial charge is 0.390 e. The summed E-state index contributed by atoms with van der Waals surface area (Å²) in [6.07, 6.45) is -1.34. The summed E-state index contributed by atoms with van der Waals surface area (Å²) in [5, 5.41) is 25.3. The van der Waals surface area contributed by atoms with Crippen molar-refractivity contribution in [3.63, 3.8) is 0 Å². The van der Waals surface area contributed by atoms with Crippen LogP contribution in [0.5, 0.6) is 0 Å². The minimum atomic E-state index is -2.29. The molecule has 0 radical (unpaired) electrons. The molecule has 4 aliphatic carbocycles. The van der Waals surface area contributed by atoms with Gasteiger partial charge < -0.3 is 25.0 Å². The average molecular weight is 696 g/mol. The van der Waals surface area contributed by atoms with E-state index in [9.17, 15) is 19.8 Å². The molecule has 1 saturated heterocycles. The lowest BCUT2D eigenvalue weighted by Gasteiger charge is -2.63. The number of carbonyl (C=O) groups excluding carboxylic acids is 2. The molecule has 0 unspecified atom stereocenters. The Morgan fingerprint density at radius 3 is 2.43 bits per heavy atom. The highest BCUT2D eigenvalue weighted by Crippen LogP contribution is 2.72. The van der Waals surface area contributed by atoms with Gasteiger partial charge in [-0.1, -0.05) is 44.7 Å². The first kappa shape index (κ1) is 35.9. The Morgan fingerprint density at radius 2 is 1.78 bits per heavy atom. The summed E-state index contributed by atoms with van der Waals surface area (Å²) in [5.41, 5.74) is -3.73. The second kappa shape index (κ2) is 12.7. The number of alkyl halides is 2. The van der Waals surface area contributed by atoms with Crippen molar-refractivity contribution in [1.82, 2.24) is 0 Å². The lowest BCUT2D eigenvalue weighted by atomic mass is 9.44. The Kier molecular flexibility index (Phi) is 9.31. The molecular formula is C39H47F2NO6S. The summed E-state index contributed by atoms with van der Waals surface area (Å²) in [6, 6.07) is 16.5. The van der Waals surface area contributed by atoms with E-state index in [0.717, 1.165) is 28.0 Å². The van der Waals surface area contributed by atoms with Crippen molar-refractivity contribution < 1.29 is 38.1 Å². The molecule has 0 amide bonds. The van der Waals surface area contributed by atoms with Crippen LogP contribution in [-0.2, 0) is 24.8 Å². The number of hydrogen-bond donors (Lipinski definition) is 3. The predicted molar refractivity (Wildman–Crippen MR) is 185 cm³/mol. The van der Waals surface area contributed by atoms with Crippen molar-refractivity contribution >= 4 is 29.0 Å². The summed E-state index contributed by atoms with van der Waals surface area (Å²) in [4.78, 5) is 27.1. The highest BCUT2D eigenvalue weighted by atomic mass is 32.2. The van der Waals surface area contributed by atoms with Crippen LogP contribution in [0.1, 0.15) is 71.8 Å². The third-order valence-electron chi connectivity index (χ3n) is 11.9. The van der Waals surface area contributed by atoms with Crippen LogP contribution in [0.3, 0.4) is 0 Å². The van der Waals surface area contributed by atoms with E-state index in [1.54, 1.807) is 25.6 Å². The van der Waals surface area contributed by atoms with E-state index in [-0.39, 0.29) is 32.3 Å². The molecular weight excluding hydrogens is 648 g/mol. The summed E-state index contributed by atoms with van der Waals surface area (Å²) in [7, 11) is 0. The van der Waals surface area contributed by atoms with Gasteiger partial charge in [0.15, 0.2) is 29.1 Å². The van der Waals surface area contributed by atoms with Gasteiger partial charge in [0.25, 0.3) is 0 Å². The van der Waals surface area contributed by atoms with E-state index in [2.05, 4.69) is 43.4 Å². The number of Topliss-reactive ketones (excluding diaryl/α,β-unsaturated/α-hetero) is 1. The van der Waals surface area contributed by atoms with Crippen LogP contribution in [0.4, 0.5) is 14.5 Å². The van der Waals surface area contributed by atoms with Crippen molar-refractivity contribution in [2.24, 2.45) is 22.7 Å². The smallest absolute Gasteiger partial charge is 0.193 e. The van der Waals surface area contributed by atoms with Crippen molar-refractivity contribution in [3.8, 4) is 0 Å². The maximum Gasteiger partial charge on any atom is 0.193 e. The predicted octanol–water partition coefficient (Wildman–Crippen LogP) is 7.08. The standard InChI is InChI=1S/C38H43F2NO6S.CH4/c1-21(2)41-24-9-11-26(12-10-24)48-20-22-5-7-23(8-6-22)34-46-33-17-27-28-16-30(39)29-15-25(43)13-14-35(29,3)37(28,40)31(44)18-36(27,4)38(33,47-34)32(45)19-42;/h5-15,21,27-28,30-31,33-34,41-42,44H,16-20H2,1-4H3;1H4/t27-,28-,30-,31-,33+,34+,35-,36-,37-,38+;/m0./s1. The zero-order valence-corrected chi connectivity index (χ0v) is 28.4. The number of allylic oxidation sites excluding steroid dienone is 4. The van der Waals surface area contributed by atoms with Crippen molar-refractivity contribution in [3.05, 3.63) is 83.5 Å². The number of aliphatic hydroxyl groups is 2. The lowest BCUT2D eigenvalue weighted by molar-refractivity contribution is -0.235. The van der Waals surface area contributed by atoms with Gasteiger partial charge in [0.05, 0.1) is 12.2 Å². The van der Waals surface area contributed by atoms with Crippen LogP contribution >= 0.6 is 11.8 Å². The number of rotatable bonds is 8. The van der Waals surface area contributed by atoms with Crippen LogP contribution in [0.2, 0.25) is 0 Å². The minimum Gasteiger partial charge on any atom is -0.390 e. The summed E-state index contributed by atoms with van der Waals surface area (Å²) >= 11 is 1.72. The zero-order chi connectivity index (χ0) is 34.2. The van der Waals surface area contributed by atoms with Crippen LogP contribution in [0.25, 0.3) is 0 Å². The molecule has 2 aromatic rings. The Labute approximate surface area is 291 Å². The van der Waals surface area contributed by atoms with Gasteiger partial charge in [0.2, 0.25) is 0 Å². The summed E-state index contributed by atoms with van der Waals surface area (Å²) in [5.74, 6) is -1.83. The first-order chi connectivity index (χ1) is 22.8. The molecule has 10 heteroatoms. The molecule has 3 saturated carbocycles. The molecule has 7 rings (SSSR count). The number of nitrogens with one attached hydrogen (secondary N) is 1. The van der Waals surface area contributed by atoms with E-state index >= 15 is 8.78 Å². The number of carbonyl (C=O) groups is 2. The van der Waals surface area contributed by atoms with E-state index < -0.39 is 76.8 Å². The van der Waals surface area contributed by atoms with E-state index in [1.807, 2.05) is 24.3 Å². The van der Waals surface area contributed by atoms with Crippen molar-refractivity contribution in [2.45, 2.75) is 107 Å². The molecule has 3 N–H and O–H groups in total. The Hall–Kier alpha value is -2.89. The lowest BCUT2D eigenvalue weighted by Crippen LogP contribution is -2.70. The number of ketones is 2. The third kappa shape index (κ3) is 5.27. The highest BCUT2D eigenvalue weighted by Gasteiger charge is 2.80. The first-order valence-corrected chi connectivity index (χ1v) is 17.8. The molecule has 2 aromatic carbocycles. The molecule has 4 fully saturated rings. The second-order valence-electron chi connectivity index (χ2n) is 14.8. The number of fused-ring (bicyclic) bond motifs is 7. The van der Waals surface area contributed by atoms with Crippen LogP contribution < -0.4 is 5.32 Å². The molecule has 0 spiro atoms. The molecule has 7 nitrogen and oxygen atoms in total. The van der Waals surface area contributed by atoms with Gasteiger partial charge in [-0.05, 0) is 93.5 Å². The number of thioether (sulfide) groups is 1. The topological polar surface area (TPSA) is 105 Å². The molecule has 1 heterocycles. The summed E-state index contributed by atoms with van der Waals surface area (Å²) in [6.45, 7) is 6.71. The summed E-state index contributed by atoms with van der Waals surface area (Å²) < 4.78 is 46.5. The quantitative estimate of drug-likeness (QED) is 0.252. The van der Waals surface area contributed by atoms with E-state index in [1.165, 1.54) is 12.2 Å². The van der Waals surface area contributed by atoms with Gasteiger partial charge in [-0.25, -0.2) is 8.78 Å². The third-order valence-corrected chi connectivity index (χ3v) is 13.0. The minimum absolute atomic E-state index is 0. The fourth-order valence-electron chi connectivity index (χ4n) is 9.63. The van der Waals surface area contributed by atoms with Crippen molar-refractivity contribution in [2.75, 3.05) is 11.9 Å². The molecule has 1 aliphatic heterocycles. The number of ether oxygens (including phenoxy) is 2. The molecule has 49 heavy (non-hydrogen) atoms.